The van der Waals surface area contributed by atoms with Crippen molar-refractivity contribution in [2.24, 2.45) is 0 Å². The SMILES string of the molecule is CC(c1cn(-c2c(Cl)cc(S(F)(F)(F)(F)F)cc2Cl)nc1C#N)S(C)(=O)=O. The van der Waals surface area contributed by atoms with Gasteiger partial charge in [-0.3, -0.25) is 0 Å². The summed E-state index contributed by atoms with van der Waals surface area (Å²) in [6.07, 6.45) is 1.95. The van der Waals surface area contributed by atoms with Crippen LogP contribution < -0.4 is 0 Å². The van der Waals surface area contributed by atoms with Crippen molar-refractivity contribution in [2.75, 3.05) is 6.26 Å². The fraction of sp³-hybridized carbons (Fsp3) is 0.231. The summed E-state index contributed by atoms with van der Waals surface area (Å²) in [5.74, 6) is 0. The number of aromatic nitrogens is 2. The fourth-order valence-corrected chi connectivity index (χ4v) is 4.21. The Bertz CT molecular complexity index is 1070. The summed E-state index contributed by atoms with van der Waals surface area (Å²) in [7, 11) is -13.7. The quantitative estimate of drug-likeness (QED) is 0.529. The highest BCUT2D eigenvalue weighted by molar-refractivity contribution is 8.45. The molecule has 1 unspecified atom stereocenters. The maximum absolute atomic E-state index is 13.0. The first-order chi connectivity index (χ1) is 11.8. The molecule has 0 aliphatic rings. The second-order valence-electron chi connectivity index (χ2n) is 5.67. The lowest BCUT2D eigenvalue weighted by molar-refractivity contribution is 0.364. The first kappa shape index (κ1) is 21.7. The molecule has 5 nitrogen and oxygen atoms in total. The standard InChI is InChI=1S/C13H10Cl2F5N3O2S2/c1-7(26(2,24)25)9-6-23(22-12(9)5-21)13-10(14)3-8(4-11(13)15)27(16,17,18,19)20/h3-4,6-7H,1-2H3. The van der Waals surface area contributed by atoms with Crippen molar-refractivity contribution >= 4 is 43.3 Å². The summed E-state index contributed by atoms with van der Waals surface area (Å²) in [6, 6.07) is 1.64. The van der Waals surface area contributed by atoms with Gasteiger partial charge in [0.25, 0.3) is 0 Å². The van der Waals surface area contributed by atoms with Gasteiger partial charge in [-0.2, -0.15) is 10.4 Å². The Morgan fingerprint density at radius 3 is 2.04 bits per heavy atom. The van der Waals surface area contributed by atoms with Crippen LogP contribution in [-0.2, 0) is 9.84 Å². The van der Waals surface area contributed by atoms with Crippen LogP contribution in [0.4, 0.5) is 19.4 Å². The van der Waals surface area contributed by atoms with Gasteiger partial charge in [0, 0.05) is 18.0 Å². The number of benzene rings is 1. The molecule has 1 atom stereocenters. The van der Waals surface area contributed by atoms with Crippen LogP contribution in [0.3, 0.4) is 0 Å². The molecule has 0 radical (unpaired) electrons. The van der Waals surface area contributed by atoms with Gasteiger partial charge in [0.1, 0.15) is 16.7 Å². The summed E-state index contributed by atoms with van der Waals surface area (Å²) in [5.41, 5.74) is -0.798. The fourth-order valence-electron chi connectivity index (χ4n) is 2.10. The molecule has 2 aromatic rings. The van der Waals surface area contributed by atoms with Gasteiger partial charge in [0.15, 0.2) is 15.5 Å². The number of halogens is 7. The molecule has 150 valence electrons. The predicted molar refractivity (Wildman–Crippen MR) is 93.0 cm³/mol. The third kappa shape index (κ3) is 4.48. The summed E-state index contributed by atoms with van der Waals surface area (Å²) in [6.45, 7) is 1.28. The number of hydrogen-bond acceptors (Lipinski definition) is 4. The monoisotopic (exact) mass is 469 g/mol. The summed E-state index contributed by atoms with van der Waals surface area (Å²) in [5, 5.41) is 10.1. The molecule has 1 aromatic heterocycles. The topological polar surface area (TPSA) is 75.8 Å². The van der Waals surface area contributed by atoms with Gasteiger partial charge < -0.3 is 0 Å². The zero-order valence-corrected chi connectivity index (χ0v) is 16.6. The van der Waals surface area contributed by atoms with E-state index in [-0.39, 0.29) is 23.4 Å². The van der Waals surface area contributed by atoms with Crippen LogP contribution in [0.15, 0.2) is 23.2 Å². The molecule has 0 bridgehead atoms. The molecule has 0 saturated carbocycles. The number of sulfone groups is 1. The molecular weight excluding hydrogens is 460 g/mol. The first-order valence-corrected chi connectivity index (χ1v) is 11.4. The Hall–Kier alpha value is -1.55. The molecule has 0 saturated heterocycles. The summed E-state index contributed by atoms with van der Waals surface area (Å²) >= 11 is 11.4. The zero-order chi connectivity index (χ0) is 21.1. The van der Waals surface area contributed by atoms with E-state index in [0.717, 1.165) is 17.1 Å². The lowest BCUT2D eigenvalue weighted by Crippen LogP contribution is -2.08. The molecule has 2 rings (SSSR count). The van der Waals surface area contributed by atoms with Crippen molar-refractivity contribution in [1.29, 1.82) is 5.26 Å². The van der Waals surface area contributed by atoms with E-state index in [1.54, 1.807) is 6.07 Å². The highest BCUT2D eigenvalue weighted by atomic mass is 35.5. The maximum atomic E-state index is 13.0. The van der Waals surface area contributed by atoms with E-state index >= 15 is 0 Å². The van der Waals surface area contributed by atoms with Crippen LogP contribution in [0.25, 0.3) is 5.69 Å². The van der Waals surface area contributed by atoms with E-state index in [9.17, 15) is 27.8 Å². The molecule has 14 heteroatoms. The minimum atomic E-state index is -10.0. The van der Waals surface area contributed by atoms with E-state index in [1.165, 1.54) is 6.92 Å². The zero-order valence-electron chi connectivity index (χ0n) is 13.4. The number of nitrogens with zero attached hydrogens (tertiary/aromatic N) is 3. The van der Waals surface area contributed by atoms with Gasteiger partial charge in [-0.1, -0.05) is 42.6 Å². The van der Waals surface area contributed by atoms with Gasteiger partial charge >= 0.3 is 10.2 Å². The first-order valence-electron chi connectivity index (χ1n) is 6.77. The van der Waals surface area contributed by atoms with Gasteiger partial charge in [-0.05, 0) is 19.1 Å². The Balaban J connectivity index is 2.72. The van der Waals surface area contributed by atoms with Gasteiger partial charge in [-0.15, -0.1) is 0 Å². The normalized spacial score (nSPS) is 16.3. The summed E-state index contributed by atoms with van der Waals surface area (Å²) < 4.78 is 88.9. The second-order valence-corrected chi connectivity index (χ2v) is 11.3. The molecule has 0 spiro atoms. The Morgan fingerprint density at radius 2 is 1.67 bits per heavy atom. The minimum Gasteiger partial charge on any atom is -0.236 e. The van der Waals surface area contributed by atoms with Crippen LogP contribution in [0.1, 0.15) is 23.4 Å². The smallest absolute Gasteiger partial charge is 0.236 e. The lowest BCUT2D eigenvalue weighted by Gasteiger charge is -2.40. The van der Waals surface area contributed by atoms with Crippen LogP contribution in [0.2, 0.25) is 10.0 Å². The van der Waals surface area contributed by atoms with Crippen LogP contribution in [0, 0.1) is 11.3 Å². The minimum absolute atomic E-state index is 0.00226. The van der Waals surface area contributed by atoms with Gasteiger partial charge in [0.05, 0.1) is 15.3 Å². The molecule has 0 N–H and O–H groups in total. The number of hydrogen-bond donors (Lipinski definition) is 0. The molecular formula is C13H10Cl2F5N3O2S2. The number of rotatable bonds is 4. The average Bonchev–Trinajstić information content (AvgIpc) is 2.85. The molecule has 1 aromatic carbocycles. The predicted octanol–water partition coefficient (Wildman–Crippen LogP) is 5.81. The van der Waals surface area contributed by atoms with Crippen molar-refractivity contribution in [3.05, 3.63) is 39.6 Å². The van der Waals surface area contributed by atoms with Crippen LogP contribution in [0.5, 0.6) is 0 Å². The van der Waals surface area contributed by atoms with Crippen molar-refractivity contribution in [3.63, 3.8) is 0 Å². The highest BCUT2D eigenvalue weighted by Gasteiger charge is 2.65. The van der Waals surface area contributed by atoms with E-state index < -0.39 is 45.9 Å². The van der Waals surface area contributed by atoms with E-state index in [1.807, 2.05) is 0 Å². The Labute approximate surface area is 160 Å². The van der Waals surface area contributed by atoms with E-state index in [4.69, 9.17) is 28.5 Å². The average molecular weight is 470 g/mol. The number of nitriles is 1. The third-order valence-corrected chi connectivity index (χ3v) is 6.83. The van der Waals surface area contributed by atoms with Crippen LogP contribution >= 0.6 is 33.4 Å². The van der Waals surface area contributed by atoms with E-state index in [2.05, 4.69) is 5.10 Å². The van der Waals surface area contributed by atoms with Crippen molar-refractivity contribution in [2.45, 2.75) is 17.1 Å². The Kier molecular flexibility index (Phi) is 4.61. The van der Waals surface area contributed by atoms with Gasteiger partial charge in [-0.25, -0.2) is 13.1 Å². The molecule has 1 heterocycles. The van der Waals surface area contributed by atoms with Gasteiger partial charge in [0.2, 0.25) is 0 Å². The largest absolute Gasteiger partial charge is 0.310 e. The van der Waals surface area contributed by atoms with Crippen molar-refractivity contribution in [1.82, 2.24) is 9.78 Å². The molecule has 0 aliphatic carbocycles. The Morgan fingerprint density at radius 1 is 1.19 bits per heavy atom. The highest BCUT2D eigenvalue weighted by Crippen LogP contribution is 3.02. The van der Waals surface area contributed by atoms with E-state index in [0.29, 0.717) is 0 Å². The summed E-state index contributed by atoms with van der Waals surface area (Å²) in [4.78, 5) is -2.29. The second kappa shape index (κ2) is 5.73. The molecule has 0 aliphatic heterocycles. The molecule has 0 fully saturated rings. The molecule has 0 amide bonds. The molecule has 27 heavy (non-hydrogen) atoms. The van der Waals surface area contributed by atoms with Crippen molar-refractivity contribution < 1.29 is 27.8 Å². The van der Waals surface area contributed by atoms with Crippen molar-refractivity contribution in [3.8, 4) is 11.8 Å². The van der Waals surface area contributed by atoms with Crippen LogP contribution in [-0.4, -0.2) is 24.5 Å². The lowest BCUT2D eigenvalue weighted by atomic mass is 10.2. The third-order valence-electron chi connectivity index (χ3n) is 3.59. The maximum Gasteiger partial charge on any atom is 0.310 e.